The molecule has 0 radical (unpaired) electrons. The fraction of sp³-hybridized carbons (Fsp3) is 0.867. The Bertz CT molecular complexity index is 961. The molecule has 0 aromatic rings. The van der Waals surface area contributed by atoms with Gasteiger partial charge < -0.3 is 10.2 Å². The molecule has 190 valence electrons. The molecular weight excluding hydrogens is 424 g/mol. The Morgan fingerprint density at radius 1 is 0.912 bits per heavy atom. The summed E-state index contributed by atoms with van der Waals surface area (Å²) < 4.78 is 0. The van der Waals surface area contributed by atoms with E-state index in [4.69, 9.17) is 0 Å². The summed E-state index contributed by atoms with van der Waals surface area (Å²) in [6, 6.07) is 0. The van der Waals surface area contributed by atoms with Crippen molar-refractivity contribution in [2.75, 3.05) is 0 Å². The van der Waals surface area contributed by atoms with Crippen LogP contribution in [-0.4, -0.2) is 28.1 Å². The standard InChI is InChI=1S/C30H46O4/c1-25(2)12-14-30(24(33)34)15-13-29(7)23(18(30)17-25)19(31)16-21-27(5)10-9-22(32)26(3,4)20(27)8-11-28(21,29)6/h16,18,20,22-23,32H,8-15,17H2,1-7H3,(H,33,34)/t18-,20-,22-,23-,27+,28+,29-,30-/m0/s1. The van der Waals surface area contributed by atoms with Crippen LogP contribution in [0.4, 0.5) is 0 Å². The van der Waals surface area contributed by atoms with E-state index in [2.05, 4.69) is 48.5 Å². The van der Waals surface area contributed by atoms with Crippen LogP contribution in [0.2, 0.25) is 0 Å². The molecule has 0 aromatic heterocycles. The second kappa shape index (κ2) is 6.99. The molecule has 4 saturated carbocycles. The first kappa shape index (κ1) is 24.5. The molecule has 0 spiro atoms. The predicted molar refractivity (Wildman–Crippen MR) is 133 cm³/mol. The van der Waals surface area contributed by atoms with Crippen LogP contribution < -0.4 is 0 Å². The summed E-state index contributed by atoms with van der Waals surface area (Å²) in [5, 5.41) is 21.3. The number of aliphatic hydroxyl groups is 1. The van der Waals surface area contributed by atoms with Gasteiger partial charge in [-0.3, -0.25) is 9.59 Å². The van der Waals surface area contributed by atoms with Gasteiger partial charge >= 0.3 is 5.97 Å². The number of aliphatic hydroxyl groups excluding tert-OH is 1. The zero-order valence-corrected chi connectivity index (χ0v) is 22.5. The number of hydrogen-bond donors (Lipinski definition) is 2. The zero-order valence-electron chi connectivity index (χ0n) is 22.5. The maximum absolute atomic E-state index is 14.2. The fourth-order valence-electron chi connectivity index (χ4n) is 10.4. The molecular formula is C30H46O4. The molecule has 0 saturated heterocycles. The van der Waals surface area contributed by atoms with E-state index in [-0.39, 0.29) is 50.8 Å². The van der Waals surface area contributed by atoms with Gasteiger partial charge in [0, 0.05) is 5.92 Å². The molecule has 0 amide bonds. The lowest BCUT2D eigenvalue weighted by Crippen LogP contribution is -2.66. The van der Waals surface area contributed by atoms with Crippen molar-refractivity contribution in [3.05, 3.63) is 11.6 Å². The van der Waals surface area contributed by atoms with E-state index in [1.807, 2.05) is 6.08 Å². The van der Waals surface area contributed by atoms with Crippen LogP contribution in [0.3, 0.4) is 0 Å². The van der Waals surface area contributed by atoms with Gasteiger partial charge in [0.15, 0.2) is 5.78 Å². The maximum atomic E-state index is 14.2. The van der Waals surface area contributed by atoms with Gasteiger partial charge in [-0.2, -0.15) is 0 Å². The van der Waals surface area contributed by atoms with Crippen LogP contribution in [-0.2, 0) is 9.59 Å². The number of carbonyl (C=O) groups excluding carboxylic acids is 1. The highest BCUT2D eigenvalue weighted by atomic mass is 16.4. The highest BCUT2D eigenvalue weighted by Gasteiger charge is 2.70. The quantitative estimate of drug-likeness (QED) is 0.464. The summed E-state index contributed by atoms with van der Waals surface area (Å²) in [7, 11) is 0. The number of fused-ring (bicyclic) bond motifs is 7. The summed E-state index contributed by atoms with van der Waals surface area (Å²) in [5.74, 6) is -0.445. The highest BCUT2D eigenvalue weighted by Crippen LogP contribution is 2.75. The van der Waals surface area contributed by atoms with E-state index >= 15 is 0 Å². The van der Waals surface area contributed by atoms with Gasteiger partial charge in [0.05, 0.1) is 11.5 Å². The van der Waals surface area contributed by atoms with E-state index < -0.39 is 11.4 Å². The van der Waals surface area contributed by atoms with Gasteiger partial charge in [0.2, 0.25) is 0 Å². The molecule has 5 aliphatic carbocycles. The smallest absolute Gasteiger partial charge is 0.309 e. The average molecular weight is 471 g/mol. The normalized spacial score (nSPS) is 51.3. The minimum absolute atomic E-state index is 0.0697. The van der Waals surface area contributed by atoms with Crippen molar-refractivity contribution in [2.45, 2.75) is 112 Å². The maximum Gasteiger partial charge on any atom is 0.309 e. The van der Waals surface area contributed by atoms with E-state index in [9.17, 15) is 19.8 Å². The summed E-state index contributed by atoms with van der Waals surface area (Å²) >= 11 is 0. The van der Waals surface area contributed by atoms with E-state index in [0.717, 1.165) is 44.9 Å². The molecule has 4 nitrogen and oxygen atoms in total. The highest BCUT2D eigenvalue weighted by molar-refractivity contribution is 5.96. The minimum atomic E-state index is -0.755. The van der Waals surface area contributed by atoms with Gasteiger partial charge in [-0.15, -0.1) is 0 Å². The molecule has 4 heteroatoms. The second-order valence-electron chi connectivity index (χ2n) is 15.0. The van der Waals surface area contributed by atoms with E-state index in [0.29, 0.717) is 18.8 Å². The van der Waals surface area contributed by atoms with Crippen molar-refractivity contribution in [3.63, 3.8) is 0 Å². The zero-order chi connectivity index (χ0) is 25.1. The van der Waals surface area contributed by atoms with E-state index in [1.165, 1.54) is 5.57 Å². The number of ketones is 1. The molecule has 2 N–H and O–H groups in total. The van der Waals surface area contributed by atoms with Gasteiger partial charge in [-0.05, 0) is 103 Å². The van der Waals surface area contributed by atoms with Gasteiger partial charge in [-0.1, -0.05) is 54.0 Å². The Morgan fingerprint density at radius 2 is 1.56 bits per heavy atom. The van der Waals surface area contributed by atoms with Crippen LogP contribution in [0.25, 0.3) is 0 Å². The van der Waals surface area contributed by atoms with Gasteiger partial charge in [0.25, 0.3) is 0 Å². The average Bonchev–Trinajstić information content (AvgIpc) is 2.72. The third-order valence-corrected chi connectivity index (χ3v) is 12.8. The lowest BCUT2D eigenvalue weighted by Gasteiger charge is -2.69. The fourth-order valence-corrected chi connectivity index (χ4v) is 10.4. The molecule has 4 fully saturated rings. The molecule has 5 rings (SSSR count). The van der Waals surface area contributed by atoms with Crippen LogP contribution >= 0.6 is 0 Å². The van der Waals surface area contributed by atoms with Crippen LogP contribution in [0.15, 0.2) is 11.6 Å². The van der Waals surface area contributed by atoms with Crippen molar-refractivity contribution in [1.82, 2.24) is 0 Å². The molecule has 0 aliphatic heterocycles. The topological polar surface area (TPSA) is 74.6 Å². The molecule has 0 heterocycles. The summed E-state index contributed by atoms with van der Waals surface area (Å²) in [4.78, 5) is 26.9. The number of carbonyl (C=O) groups is 2. The van der Waals surface area contributed by atoms with Gasteiger partial charge in [-0.25, -0.2) is 0 Å². The Morgan fingerprint density at radius 3 is 2.21 bits per heavy atom. The SMILES string of the molecule is CC1(C)CC[C@]2(C(=O)O)CC[C@@]3(C)[C@H](C(=O)C=C4[C@]5(C)CC[C@H](O)C(C)(C)[C@@H]5CC[C@]43C)[C@@H]2C1. The number of rotatable bonds is 1. The number of allylic oxidation sites excluding steroid dienone is 2. The summed E-state index contributed by atoms with van der Waals surface area (Å²) in [5.41, 5.74) is 0.0368. The van der Waals surface area contributed by atoms with E-state index in [1.54, 1.807) is 0 Å². The van der Waals surface area contributed by atoms with Crippen molar-refractivity contribution in [3.8, 4) is 0 Å². The van der Waals surface area contributed by atoms with Crippen molar-refractivity contribution >= 4 is 11.8 Å². The van der Waals surface area contributed by atoms with Gasteiger partial charge in [0.1, 0.15) is 0 Å². The Hall–Kier alpha value is -1.16. The minimum Gasteiger partial charge on any atom is -0.481 e. The first-order valence-electron chi connectivity index (χ1n) is 13.7. The van der Waals surface area contributed by atoms with Crippen LogP contribution in [0.5, 0.6) is 0 Å². The van der Waals surface area contributed by atoms with Crippen molar-refractivity contribution in [2.24, 2.45) is 50.2 Å². The van der Waals surface area contributed by atoms with Crippen LogP contribution in [0, 0.1) is 50.2 Å². The third-order valence-electron chi connectivity index (χ3n) is 12.8. The molecule has 0 bridgehead atoms. The summed E-state index contributed by atoms with van der Waals surface area (Å²) in [6.07, 6.45) is 9.43. The Balaban J connectivity index is 1.65. The molecule has 34 heavy (non-hydrogen) atoms. The molecule has 5 aliphatic rings. The number of aliphatic carboxylic acids is 1. The lowest BCUT2D eigenvalue weighted by molar-refractivity contribution is -0.193. The number of carboxylic acid groups (broad SMARTS) is 1. The number of carboxylic acids is 1. The number of hydrogen-bond acceptors (Lipinski definition) is 3. The second-order valence-corrected chi connectivity index (χ2v) is 15.0. The van der Waals surface area contributed by atoms with Crippen molar-refractivity contribution < 1.29 is 19.8 Å². The first-order valence-corrected chi connectivity index (χ1v) is 13.7. The lowest BCUT2D eigenvalue weighted by atomic mass is 9.34. The molecule has 8 atom stereocenters. The monoisotopic (exact) mass is 470 g/mol. The molecule has 0 aromatic carbocycles. The Kier molecular flexibility index (Phi) is 5.04. The third kappa shape index (κ3) is 2.81. The Labute approximate surface area is 206 Å². The summed E-state index contributed by atoms with van der Waals surface area (Å²) in [6.45, 7) is 16.0. The first-order chi connectivity index (χ1) is 15.6. The van der Waals surface area contributed by atoms with Crippen molar-refractivity contribution in [1.29, 1.82) is 0 Å². The predicted octanol–water partition coefficient (Wildman–Crippen LogP) is 6.41. The molecule has 0 unspecified atom stereocenters. The largest absolute Gasteiger partial charge is 0.481 e. The van der Waals surface area contributed by atoms with Crippen LogP contribution in [0.1, 0.15) is 106 Å².